The number of hydrogen-bond donors (Lipinski definition) is 1. The van der Waals surface area contributed by atoms with E-state index in [-0.39, 0.29) is 11.9 Å². The van der Waals surface area contributed by atoms with Crippen LogP contribution in [-0.2, 0) is 0 Å². The summed E-state index contributed by atoms with van der Waals surface area (Å²) in [7, 11) is 2.15. The Labute approximate surface area is 117 Å². The number of likely N-dealkylation sites (tertiary alicyclic amines) is 1. The Balaban J connectivity index is 1.97. The zero-order valence-electron chi connectivity index (χ0n) is 10.9. The highest BCUT2D eigenvalue weighted by atomic mass is 79.9. The molecule has 4 heteroatoms. The average Bonchev–Trinajstić information content (AvgIpc) is 2.32. The maximum Gasteiger partial charge on any atom is 0.129 e. The molecule has 1 heterocycles. The molecule has 1 aliphatic rings. The number of hydrogen-bond acceptors (Lipinski definition) is 2. The zero-order chi connectivity index (χ0) is 13.1. The number of halogens is 2. The summed E-state index contributed by atoms with van der Waals surface area (Å²) in [6, 6.07) is 5.84. The van der Waals surface area contributed by atoms with Crippen molar-refractivity contribution in [2.45, 2.75) is 31.8 Å². The minimum atomic E-state index is -0.141. The highest BCUT2D eigenvalue weighted by molar-refractivity contribution is 9.10. The van der Waals surface area contributed by atoms with Gasteiger partial charge in [-0.15, -0.1) is 0 Å². The fourth-order valence-electron chi connectivity index (χ4n) is 2.47. The largest absolute Gasteiger partial charge is 0.307 e. The second kappa shape index (κ2) is 6.13. The molecule has 1 fully saturated rings. The maximum atomic E-state index is 13.8. The van der Waals surface area contributed by atoms with Gasteiger partial charge in [-0.1, -0.05) is 22.0 Å². The van der Waals surface area contributed by atoms with E-state index in [2.05, 4.69) is 33.2 Å². The van der Waals surface area contributed by atoms with Crippen LogP contribution in [0, 0.1) is 5.82 Å². The molecule has 1 atom stereocenters. The van der Waals surface area contributed by atoms with Gasteiger partial charge in [-0.3, -0.25) is 0 Å². The number of rotatable bonds is 3. The fourth-order valence-corrected chi connectivity index (χ4v) is 2.80. The second-order valence-corrected chi connectivity index (χ2v) is 6.05. The van der Waals surface area contributed by atoms with Crippen molar-refractivity contribution in [1.82, 2.24) is 10.2 Å². The van der Waals surface area contributed by atoms with Gasteiger partial charge in [0.25, 0.3) is 0 Å². The van der Waals surface area contributed by atoms with Gasteiger partial charge in [0.15, 0.2) is 0 Å². The van der Waals surface area contributed by atoms with E-state index in [1.165, 1.54) is 6.07 Å². The molecule has 1 N–H and O–H groups in total. The number of nitrogens with one attached hydrogen (secondary N) is 1. The predicted molar refractivity (Wildman–Crippen MR) is 76.2 cm³/mol. The Morgan fingerprint density at radius 2 is 2.06 bits per heavy atom. The highest BCUT2D eigenvalue weighted by Gasteiger charge is 2.20. The Morgan fingerprint density at radius 3 is 2.67 bits per heavy atom. The smallest absolute Gasteiger partial charge is 0.129 e. The van der Waals surface area contributed by atoms with Crippen molar-refractivity contribution in [2.24, 2.45) is 0 Å². The van der Waals surface area contributed by atoms with Crippen LogP contribution < -0.4 is 5.32 Å². The van der Waals surface area contributed by atoms with Crippen LogP contribution >= 0.6 is 15.9 Å². The standard InChI is InChI=1S/C14H20BrFN2/c1-10(13-4-3-11(15)9-14(13)16)17-12-5-7-18(2)8-6-12/h3-4,9-10,12,17H,5-8H2,1-2H3. The first-order valence-corrected chi connectivity index (χ1v) is 7.25. The summed E-state index contributed by atoms with van der Waals surface area (Å²) < 4.78 is 14.6. The third kappa shape index (κ3) is 3.53. The van der Waals surface area contributed by atoms with Crippen LogP contribution in [0.2, 0.25) is 0 Å². The summed E-state index contributed by atoms with van der Waals surface area (Å²) in [5, 5.41) is 3.53. The van der Waals surface area contributed by atoms with Gasteiger partial charge in [0, 0.05) is 22.1 Å². The van der Waals surface area contributed by atoms with E-state index >= 15 is 0 Å². The van der Waals surface area contributed by atoms with E-state index in [1.54, 1.807) is 0 Å². The molecule has 1 saturated heterocycles. The lowest BCUT2D eigenvalue weighted by Crippen LogP contribution is -2.41. The van der Waals surface area contributed by atoms with Crippen LogP contribution in [0.15, 0.2) is 22.7 Å². The van der Waals surface area contributed by atoms with Crippen LogP contribution in [-0.4, -0.2) is 31.1 Å². The Kier molecular flexibility index (Phi) is 4.76. The molecular formula is C14H20BrFN2. The van der Waals surface area contributed by atoms with Gasteiger partial charge in [0.05, 0.1) is 0 Å². The monoisotopic (exact) mass is 314 g/mol. The molecule has 0 radical (unpaired) electrons. The van der Waals surface area contributed by atoms with E-state index in [0.717, 1.165) is 36.0 Å². The van der Waals surface area contributed by atoms with Crippen LogP contribution in [0.1, 0.15) is 31.4 Å². The minimum absolute atomic E-state index is 0.0616. The Hall–Kier alpha value is -0.450. The lowest BCUT2D eigenvalue weighted by atomic mass is 10.0. The molecular weight excluding hydrogens is 295 g/mol. The number of benzene rings is 1. The van der Waals surface area contributed by atoms with E-state index in [0.29, 0.717) is 6.04 Å². The minimum Gasteiger partial charge on any atom is -0.307 e. The summed E-state index contributed by atoms with van der Waals surface area (Å²) in [6.07, 6.45) is 2.28. The summed E-state index contributed by atoms with van der Waals surface area (Å²) in [5.41, 5.74) is 0.747. The van der Waals surface area contributed by atoms with Crippen LogP contribution in [0.4, 0.5) is 4.39 Å². The summed E-state index contributed by atoms with van der Waals surface area (Å²) in [6.45, 7) is 4.27. The summed E-state index contributed by atoms with van der Waals surface area (Å²) >= 11 is 3.28. The van der Waals surface area contributed by atoms with Crippen molar-refractivity contribution >= 4 is 15.9 Å². The van der Waals surface area contributed by atoms with Crippen molar-refractivity contribution in [2.75, 3.05) is 20.1 Å². The maximum absolute atomic E-state index is 13.8. The number of nitrogens with zero attached hydrogens (tertiary/aromatic N) is 1. The molecule has 0 amide bonds. The molecule has 100 valence electrons. The molecule has 1 aliphatic heterocycles. The summed E-state index contributed by atoms with van der Waals surface area (Å²) in [5.74, 6) is -0.141. The first kappa shape index (κ1) is 14.0. The van der Waals surface area contributed by atoms with Crippen LogP contribution in [0.5, 0.6) is 0 Å². The van der Waals surface area contributed by atoms with Crippen LogP contribution in [0.3, 0.4) is 0 Å². The quantitative estimate of drug-likeness (QED) is 0.920. The zero-order valence-corrected chi connectivity index (χ0v) is 12.5. The van der Waals surface area contributed by atoms with Crippen molar-refractivity contribution in [3.63, 3.8) is 0 Å². The van der Waals surface area contributed by atoms with Crippen LogP contribution in [0.25, 0.3) is 0 Å². The first-order valence-electron chi connectivity index (χ1n) is 6.46. The average molecular weight is 315 g/mol. The van der Waals surface area contributed by atoms with Gasteiger partial charge < -0.3 is 10.2 Å². The second-order valence-electron chi connectivity index (χ2n) is 5.13. The molecule has 1 aromatic carbocycles. The molecule has 0 bridgehead atoms. The summed E-state index contributed by atoms with van der Waals surface area (Å²) in [4.78, 5) is 2.34. The van der Waals surface area contributed by atoms with E-state index in [9.17, 15) is 4.39 Å². The van der Waals surface area contributed by atoms with Crippen molar-refractivity contribution < 1.29 is 4.39 Å². The van der Waals surface area contributed by atoms with E-state index < -0.39 is 0 Å². The van der Waals surface area contributed by atoms with Crippen molar-refractivity contribution in [1.29, 1.82) is 0 Å². The Morgan fingerprint density at radius 1 is 1.39 bits per heavy atom. The van der Waals surface area contributed by atoms with E-state index in [1.807, 2.05) is 19.1 Å². The predicted octanol–water partition coefficient (Wildman–Crippen LogP) is 3.33. The topological polar surface area (TPSA) is 15.3 Å². The third-order valence-electron chi connectivity index (χ3n) is 3.63. The van der Waals surface area contributed by atoms with Crippen molar-refractivity contribution in [3.05, 3.63) is 34.1 Å². The van der Waals surface area contributed by atoms with Crippen molar-refractivity contribution in [3.8, 4) is 0 Å². The molecule has 1 unspecified atom stereocenters. The molecule has 0 aromatic heterocycles. The van der Waals surface area contributed by atoms with Gasteiger partial charge in [0.1, 0.15) is 5.82 Å². The van der Waals surface area contributed by atoms with E-state index in [4.69, 9.17) is 0 Å². The van der Waals surface area contributed by atoms with Gasteiger partial charge in [-0.2, -0.15) is 0 Å². The molecule has 18 heavy (non-hydrogen) atoms. The van der Waals surface area contributed by atoms with Gasteiger partial charge in [-0.05, 0) is 52.0 Å². The molecule has 2 nitrogen and oxygen atoms in total. The van der Waals surface area contributed by atoms with Gasteiger partial charge >= 0.3 is 0 Å². The van der Waals surface area contributed by atoms with Gasteiger partial charge in [-0.25, -0.2) is 4.39 Å². The molecule has 0 aliphatic carbocycles. The molecule has 2 rings (SSSR count). The highest BCUT2D eigenvalue weighted by Crippen LogP contribution is 2.22. The molecule has 1 aromatic rings. The Bertz CT molecular complexity index is 403. The lowest BCUT2D eigenvalue weighted by molar-refractivity contribution is 0.226. The van der Waals surface area contributed by atoms with Gasteiger partial charge in [0.2, 0.25) is 0 Å². The third-order valence-corrected chi connectivity index (χ3v) is 4.13. The number of piperidine rings is 1. The first-order chi connectivity index (χ1) is 8.56. The molecule has 0 spiro atoms. The fraction of sp³-hybridized carbons (Fsp3) is 0.571. The molecule has 0 saturated carbocycles. The normalized spacial score (nSPS) is 20.0. The SMILES string of the molecule is CC(NC1CCN(C)CC1)c1ccc(Br)cc1F. The lowest BCUT2D eigenvalue weighted by Gasteiger charge is -2.31.